The first-order valence-corrected chi connectivity index (χ1v) is 13.2. The highest BCUT2D eigenvalue weighted by Gasteiger charge is 2.36. The number of nitrogens with one attached hydrogen (secondary N) is 2. The first-order chi connectivity index (χ1) is 16.4. The summed E-state index contributed by atoms with van der Waals surface area (Å²) in [6.07, 6.45) is 8.54. The van der Waals surface area contributed by atoms with Gasteiger partial charge in [0.05, 0.1) is 5.69 Å². The van der Waals surface area contributed by atoms with E-state index in [-0.39, 0.29) is 11.9 Å². The third-order valence-electron chi connectivity index (χ3n) is 8.04. The van der Waals surface area contributed by atoms with Gasteiger partial charge in [0.15, 0.2) is 5.82 Å². The maximum atomic E-state index is 13.2. The van der Waals surface area contributed by atoms with E-state index in [2.05, 4.69) is 40.3 Å². The van der Waals surface area contributed by atoms with Gasteiger partial charge in [0, 0.05) is 42.9 Å². The van der Waals surface area contributed by atoms with Crippen molar-refractivity contribution in [3.63, 3.8) is 0 Å². The monoisotopic (exact) mass is 465 g/mol. The SMILES string of the molecule is CCN(CC)C(=O)[C@H]1CCCN1c1nc2c(c(Nc3cc([C@@H]4CCC(C)(C)C4)[nH]n3)n1)CCC2. The molecule has 2 aromatic heterocycles. The molecule has 2 fully saturated rings. The molecule has 2 atom stereocenters. The van der Waals surface area contributed by atoms with Gasteiger partial charge in [-0.2, -0.15) is 10.1 Å². The summed E-state index contributed by atoms with van der Waals surface area (Å²) < 4.78 is 0. The van der Waals surface area contributed by atoms with Gasteiger partial charge in [0.25, 0.3) is 0 Å². The molecule has 0 unspecified atom stereocenters. The highest BCUT2D eigenvalue weighted by Crippen LogP contribution is 2.45. The van der Waals surface area contributed by atoms with Crippen LogP contribution >= 0.6 is 0 Å². The summed E-state index contributed by atoms with van der Waals surface area (Å²) in [5.41, 5.74) is 3.92. The van der Waals surface area contributed by atoms with E-state index in [1.165, 1.54) is 30.5 Å². The highest BCUT2D eigenvalue weighted by atomic mass is 16.2. The van der Waals surface area contributed by atoms with Crippen LogP contribution in [0.3, 0.4) is 0 Å². The van der Waals surface area contributed by atoms with Gasteiger partial charge in [-0.05, 0) is 70.6 Å². The first kappa shape index (κ1) is 23.1. The number of carbonyl (C=O) groups excluding carboxylic acids is 1. The molecule has 0 aromatic carbocycles. The summed E-state index contributed by atoms with van der Waals surface area (Å²) in [6.45, 7) is 11.1. The fourth-order valence-corrected chi connectivity index (χ4v) is 6.09. The van der Waals surface area contributed by atoms with Crippen LogP contribution in [0.4, 0.5) is 17.6 Å². The van der Waals surface area contributed by atoms with Crippen LogP contribution in [0.1, 0.15) is 89.1 Å². The second-order valence-electron chi connectivity index (χ2n) is 11.0. The molecule has 2 aliphatic carbocycles. The maximum Gasteiger partial charge on any atom is 0.245 e. The average molecular weight is 466 g/mol. The molecule has 0 radical (unpaired) electrons. The van der Waals surface area contributed by atoms with Gasteiger partial charge in [0.2, 0.25) is 11.9 Å². The molecule has 1 saturated carbocycles. The molecular formula is C26H39N7O. The van der Waals surface area contributed by atoms with Crippen molar-refractivity contribution in [1.29, 1.82) is 0 Å². The lowest BCUT2D eigenvalue weighted by molar-refractivity contribution is -0.132. The largest absolute Gasteiger partial charge is 0.341 e. The number of rotatable bonds is 7. The van der Waals surface area contributed by atoms with Crippen LogP contribution in [0.5, 0.6) is 0 Å². The number of fused-ring (bicyclic) bond motifs is 1. The number of likely N-dealkylation sites (N-methyl/N-ethyl adjacent to an activating group) is 1. The molecule has 3 heterocycles. The Hall–Kier alpha value is -2.64. The number of nitrogens with zero attached hydrogens (tertiary/aromatic N) is 5. The zero-order valence-corrected chi connectivity index (χ0v) is 21.2. The van der Waals surface area contributed by atoms with Crippen molar-refractivity contribution in [2.45, 2.75) is 91.0 Å². The van der Waals surface area contributed by atoms with Crippen LogP contribution in [0, 0.1) is 5.41 Å². The van der Waals surface area contributed by atoms with Crippen LogP contribution < -0.4 is 10.2 Å². The van der Waals surface area contributed by atoms with Gasteiger partial charge in [-0.25, -0.2) is 4.98 Å². The molecule has 8 heteroatoms. The van der Waals surface area contributed by atoms with E-state index in [0.29, 0.717) is 17.3 Å². The van der Waals surface area contributed by atoms with Gasteiger partial charge in [0.1, 0.15) is 11.9 Å². The Bertz CT molecular complexity index is 1040. The summed E-state index contributed by atoms with van der Waals surface area (Å²) in [7, 11) is 0. The summed E-state index contributed by atoms with van der Waals surface area (Å²) in [4.78, 5) is 27.1. The summed E-state index contributed by atoms with van der Waals surface area (Å²) in [5.74, 6) is 3.08. The number of H-pyrrole nitrogens is 1. The van der Waals surface area contributed by atoms with E-state index in [1.54, 1.807) is 0 Å². The first-order valence-electron chi connectivity index (χ1n) is 13.2. The number of carbonyl (C=O) groups is 1. The smallest absolute Gasteiger partial charge is 0.245 e. The minimum Gasteiger partial charge on any atom is -0.341 e. The minimum absolute atomic E-state index is 0.171. The standard InChI is InChI=1S/C26H39N7O/c1-5-32(6-2)24(34)21-11-8-14-33(21)25-27-19-10-7-9-18(19)23(29-25)28-22-15-20(30-31-22)17-12-13-26(3,4)16-17/h15,17,21H,5-14,16H2,1-4H3,(H2,27,28,29,30,31)/t17-,21-/m1/s1. The van der Waals surface area contributed by atoms with E-state index < -0.39 is 0 Å². The molecule has 2 aromatic rings. The topological polar surface area (TPSA) is 90.0 Å². The number of hydrogen-bond donors (Lipinski definition) is 2. The number of amides is 1. The van der Waals surface area contributed by atoms with E-state index in [0.717, 1.165) is 69.1 Å². The lowest BCUT2D eigenvalue weighted by atomic mass is 9.90. The van der Waals surface area contributed by atoms with E-state index in [1.807, 2.05) is 18.7 Å². The van der Waals surface area contributed by atoms with Crippen molar-refractivity contribution in [1.82, 2.24) is 25.1 Å². The van der Waals surface area contributed by atoms with Crippen molar-refractivity contribution < 1.29 is 4.79 Å². The Morgan fingerprint density at radius 2 is 2.03 bits per heavy atom. The average Bonchev–Trinajstić information content (AvgIpc) is 3.60. The van der Waals surface area contributed by atoms with Gasteiger partial charge >= 0.3 is 0 Å². The van der Waals surface area contributed by atoms with Gasteiger partial charge in [-0.1, -0.05) is 13.8 Å². The summed E-state index contributed by atoms with van der Waals surface area (Å²) in [6, 6.07) is 1.98. The highest BCUT2D eigenvalue weighted by molar-refractivity contribution is 5.85. The normalized spacial score (nSPS) is 23.4. The molecule has 1 saturated heterocycles. The second kappa shape index (κ2) is 9.19. The second-order valence-corrected chi connectivity index (χ2v) is 11.0. The molecule has 2 N–H and O–H groups in total. The van der Waals surface area contributed by atoms with E-state index >= 15 is 0 Å². The Labute approximate surface area is 202 Å². The molecule has 8 nitrogen and oxygen atoms in total. The van der Waals surface area contributed by atoms with Crippen LogP contribution in [0.2, 0.25) is 0 Å². The van der Waals surface area contributed by atoms with Gasteiger partial charge < -0.3 is 15.1 Å². The molecule has 0 spiro atoms. The molecule has 3 aliphatic rings. The maximum absolute atomic E-state index is 13.2. The molecule has 0 bridgehead atoms. The zero-order valence-electron chi connectivity index (χ0n) is 21.2. The van der Waals surface area contributed by atoms with Crippen LogP contribution in [-0.4, -0.2) is 56.6 Å². The predicted octanol–water partition coefficient (Wildman–Crippen LogP) is 4.56. The fourth-order valence-electron chi connectivity index (χ4n) is 6.09. The molecule has 1 amide bonds. The molecule has 1 aliphatic heterocycles. The van der Waals surface area contributed by atoms with E-state index in [4.69, 9.17) is 9.97 Å². The quantitative estimate of drug-likeness (QED) is 0.623. The molecule has 34 heavy (non-hydrogen) atoms. The molecule has 184 valence electrons. The van der Waals surface area contributed by atoms with Crippen molar-refractivity contribution in [3.05, 3.63) is 23.0 Å². The Balaban J connectivity index is 1.39. The Kier molecular flexibility index (Phi) is 6.25. The van der Waals surface area contributed by atoms with Crippen molar-refractivity contribution in [2.75, 3.05) is 29.9 Å². The minimum atomic E-state index is -0.171. The van der Waals surface area contributed by atoms with Gasteiger partial charge in [-0.15, -0.1) is 0 Å². The summed E-state index contributed by atoms with van der Waals surface area (Å²) in [5, 5.41) is 11.4. The van der Waals surface area contributed by atoms with Gasteiger partial charge in [-0.3, -0.25) is 9.89 Å². The predicted molar refractivity (Wildman–Crippen MR) is 135 cm³/mol. The third kappa shape index (κ3) is 4.39. The number of aromatic nitrogens is 4. The zero-order chi connectivity index (χ0) is 23.9. The van der Waals surface area contributed by atoms with Crippen molar-refractivity contribution >= 4 is 23.5 Å². The summed E-state index contributed by atoms with van der Waals surface area (Å²) >= 11 is 0. The van der Waals surface area contributed by atoms with Crippen LogP contribution in [-0.2, 0) is 17.6 Å². The third-order valence-corrected chi connectivity index (χ3v) is 8.04. The number of anilines is 3. The number of aromatic amines is 1. The lowest BCUT2D eigenvalue weighted by Crippen LogP contribution is -2.46. The molecular weight excluding hydrogens is 426 g/mol. The Morgan fingerprint density at radius 1 is 1.21 bits per heavy atom. The fraction of sp³-hybridized carbons (Fsp3) is 0.692. The van der Waals surface area contributed by atoms with Crippen molar-refractivity contribution in [2.24, 2.45) is 5.41 Å². The van der Waals surface area contributed by atoms with Crippen LogP contribution in [0.25, 0.3) is 0 Å². The Morgan fingerprint density at radius 3 is 2.76 bits per heavy atom. The number of aryl methyl sites for hydroxylation is 1. The number of hydrogen-bond acceptors (Lipinski definition) is 6. The van der Waals surface area contributed by atoms with Crippen LogP contribution in [0.15, 0.2) is 6.07 Å². The lowest BCUT2D eigenvalue weighted by Gasteiger charge is -2.29. The van der Waals surface area contributed by atoms with E-state index in [9.17, 15) is 4.79 Å². The molecule has 5 rings (SSSR count). The van der Waals surface area contributed by atoms with Crippen molar-refractivity contribution in [3.8, 4) is 0 Å².